The van der Waals surface area contributed by atoms with E-state index in [0.717, 1.165) is 17.9 Å². The zero-order valence-electron chi connectivity index (χ0n) is 12.2. The van der Waals surface area contributed by atoms with Gasteiger partial charge < -0.3 is 4.74 Å². The number of aryl methyl sites for hydroxylation is 1. The number of rotatable bonds is 6. The molecule has 0 spiro atoms. The van der Waals surface area contributed by atoms with E-state index in [9.17, 15) is 0 Å². The first-order chi connectivity index (χ1) is 9.72. The van der Waals surface area contributed by atoms with Gasteiger partial charge in [0, 0.05) is 13.0 Å². The van der Waals surface area contributed by atoms with Crippen molar-refractivity contribution in [2.45, 2.75) is 25.3 Å². The molecule has 0 saturated heterocycles. The molecular weight excluding hydrogens is 252 g/mol. The van der Waals surface area contributed by atoms with Crippen LogP contribution in [0.4, 0.5) is 0 Å². The van der Waals surface area contributed by atoms with Crippen molar-refractivity contribution in [3.8, 4) is 5.75 Å². The molecule has 3 N–H and O–H groups in total. The van der Waals surface area contributed by atoms with E-state index in [1.165, 1.54) is 5.56 Å². The average molecular weight is 274 g/mol. The lowest BCUT2D eigenvalue weighted by atomic mass is 9.87. The molecule has 2 aromatic rings. The number of hydrazine groups is 1. The van der Waals surface area contributed by atoms with Gasteiger partial charge in [0.2, 0.25) is 0 Å². The van der Waals surface area contributed by atoms with Gasteiger partial charge in [0.1, 0.15) is 0 Å². The monoisotopic (exact) mass is 274 g/mol. The summed E-state index contributed by atoms with van der Waals surface area (Å²) in [5, 5.41) is 4.26. The summed E-state index contributed by atoms with van der Waals surface area (Å²) in [6.07, 6.45) is 2.69. The van der Waals surface area contributed by atoms with Crippen LogP contribution >= 0.6 is 0 Å². The molecule has 0 fully saturated rings. The van der Waals surface area contributed by atoms with Crippen LogP contribution in [0.15, 0.2) is 36.5 Å². The zero-order valence-corrected chi connectivity index (χ0v) is 12.2. The highest BCUT2D eigenvalue weighted by Gasteiger charge is 2.28. The molecule has 0 radical (unpaired) electrons. The normalized spacial score (nSPS) is 14.0. The van der Waals surface area contributed by atoms with Crippen molar-refractivity contribution in [1.82, 2.24) is 15.2 Å². The second kappa shape index (κ2) is 6.54. The Bertz CT molecular complexity index is 538. The number of benzene rings is 1. The van der Waals surface area contributed by atoms with Gasteiger partial charge in [0.15, 0.2) is 5.75 Å². The number of hydrogen-bond acceptors (Lipinski definition) is 4. The lowest BCUT2D eigenvalue weighted by molar-refractivity contribution is 0.372. The van der Waals surface area contributed by atoms with E-state index in [1.807, 2.05) is 29.9 Å². The smallest absolute Gasteiger partial charge is 0.161 e. The molecule has 1 aromatic heterocycles. The molecule has 0 aliphatic rings. The third-order valence-corrected chi connectivity index (χ3v) is 3.71. The molecule has 20 heavy (non-hydrogen) atoms. The van der Waals surface area contributed by atoms with Crippen molar-refractivity contribution in [2.75, 3.05) is 7.11 Å². The quantitative estimate of drug-likeness (QED) is 0.625. The van der Waals surface area contributed by atoms with Crippen molar-refractivity contribution < 1.29 is 4.74 Å². The minimum atomic E-state index is -0.0511. The Hall–Kier alpha value is -1.85. The Morgan fingerprint density at radius 2 is 2.05 bits per heavy atom. The van der Waals surface area contributed by atoms with Crippen molar-refractivity contribution in [2.24, 2.45) is 12.9 Å². The Morgan fingerprint density at radius 3 is 2.60 bits per heavy atom. The SMILES string of the molecule is CCC(c1ccccc1)C(NN)c1c(OC)cnn1C. The van der Waals surface area contributed by atoms with E-state index in [-0.39, 0.29) is 12.0 Å². The van der Waals surface area contributed by atoms with E-state index >= 15 is 0 Å². The molecule has 1 heterocycles. The number of aromatic nitrogens is 2. The van der Waals surface area contributed by atoms with Gasteiger partial charge in [-0.15, -0.1) is 0 Å². The maximum absolute atomic E-state index is 5.82. The fraction of sp³-hybridized carbons (Fsp3) is 0.400. The number of nitrogens with one attached hydrogen (secondary N) is 1. The number of nitrogens with zero attached hydrogens (tertiary/aromatic N) is 2. The zero-order chi connectivity index (χ0) is 14.5. The van der Waals surface area contributed by atoms with Gasteiger partial charge in [-0.1, -0.05) is 37.3 Å². The lowest BCUT2D eigenvalue weighted by Crippen LogP contribution is -2.34. The van der Waals surface area contributed by atoms with Crippen molar-refractivity contribution in [3.05, 3.63) is 47.8 Å². The Balaban J connectivity index is 2.42. The van der Waals surface area contributed by atoms with Crippen LogP contribution in [0.1, 0.15) is 36.6 Å². The summed E-state index contributed by atoms with van der Waals surface area (Å²) < 4.78 is 7.22. The Labute approximate surface area is 119 Å². The summed E-state index contributed by atoms with van der Waals surface area (Å²) >= 11 is 0. The molecule has 0 aliphatic heterocycles. The molecule has 108 valence electrons. The molecule has 5 heteroatoms. The molecule has 2 rings (SSSR count). The van der Waals surface area contributed by atoms with Crippen LogP contribution in [0.3, 0.4) is 0 Å². The molecule has 2 unspecified atom stereocenters. The summed E-state index contributed by atoms with van der Waals surface area (Å²) in [6, 6.07) is 10.3. The summed E-state index contributed by atoms with van der Waals surface area (Å²) in [7, 11) is 3.55. The first-order valence-corrected chi connectivity index (χ1v) is 6.79. The molecular formula is C15H22N4O. The maximum atomic E-state index is 5.82. The van der Waals surface area contributed by atoms with Crippen LogP contribution in [-0.2, 0) is 7.05 Å². The minimum absolute atomic E-state index is 0.0511. The summed E-state index contributed by atoms with van der Waals surface area (Å²) in [4.78, 5) is 0. The predicted octanol–water partition coefficient (Wildman–Crippen LogP) is 2.13. The third kappa shape index (κ3) is 2.69. The molecule has 0 amide bonds. The van der Waals surface area contributed by atoms with Crippen LogP contribution in [0, 0.1) is 0 Å². The van der Waals surface area contributed by atoms with Crippen molar-refractivity contribution >= 4 is 0 Å². The van der Waals surface area contributed by atoms with Gasteiger partial charge in [-0.2, -0.15) is 5.10 Å². The van der Waals surface area contributed by atoms with Crippen molar-refractivity contribution in [1.29, 1.82) is 0 Å². The summed E-state index contributed by atoms with van der Waals surface area (Å²) in [5.41, 5.74) is 5.14. The van der Waals surface area contributed by atoms with E-state index in [1.54, 1.807) is 13.3 Å². The van der Waals surface area contributed by atoms with Crippen LogP contribution in [0.25, 0.3) is 0 Å². The van der Waals surface area contributed by atoms with Crippen LogP contribution < -0.4 is 16.0 Å². The molecule has 0 bridgehead atoms. The summed E-state index contributed by atoms with van der Waals surface area (Å²) in [6.45, 7) is 2.16. The van der Waals surface area contributed by atoms with Crippen molar-refractivity contribution in [3.63, 3.8) is 0 Å². The predicted molar refractivity (Wildman–Crippen MR) is 79.3 cm³/mol. The molecule has 0 saturated carbocycles. The van der Waals surface area contributed by atoms with Gasteiger partial charge in [-0.3, -0.25) is 16.0 Å². The van der Waals surface area contributed by atoms with Gasteiger partial charge in [0.05, 0.1) is 25.0 Å². The van der Waals surface area contributed by atoms with E-state index in [0.29, 0.717) is 0 Å². The number of methoxy groups -OCH3 is 1. The van der Waals surface area contributed by atoms with Gasteiger partial charge in [0.25, 0.3) is 0 Å². The lowest BCUT2D eigenvalue weighted by Gasteiger charge is -2.27. The largest absolute Gasteiger partial charge is 0.493 e. The fourth-order valence-electron chi connectivity index (χ4n) is 2.69. The summed E-state index contributed by atoms with van der Waals surface area (Å²) in [5.74, 6) is 6.83. The maximum Gasteiger partial charge on any atom is 0.161 e. The Kier molecular flexibility index (Phi) is 4.76. The number of ether oxygens (including phenoxy) is 1. The highest BCUT2D eigenvalue weighted by atomic mass is 16.5. The highest BCUT2D eigenvalue weighted by Crippen LogP contribution is 2.36. The standard InChI is InChI=1S/C15H22N4O/c1-4-12(11-8-6-5-7-9-11)14(18-16)15-13(20-3)10-17-19(15)2/h5-10,12,14,18H,4,16H2,1-3H3. The van der Waals surface area contributed by atoms with Gasteiger partial charge >= 0.3 is 0 Å². The minimum Gasteiger partial charge on any atom is -0.493 e. The highest BCUT2D eigenvalue weighted by molar-refractivity contribution is 5.32. The number of nitrogens with two attached hydrogens (primary N) is 1. The topological polar surface area (TPSA) is 65.1 Å². The second-order valence-corrected chi connectivity index (χ2v) is 4.79. The van der Waals surface area contributed by atoms with Gasteiger partial charge in [-0.25, -0.2) is 0 Å². The van der Waals surface area contributed by atoms with Crippen LogP contribution in [-0.4, -0.2) is 16.9 Å². The average Bonchev–Trinajstić information content (AvgIpc) is 2.86. The van der Waals surface area contributed by atoms with Gasteiger partial charge in [-0.05, 0) is 12.0 Å². The van der Waals surface area contributed by atoms with E-state index in [4.69, 9.17) is 10.6 Å². The van der Waals surface area contributed by atoms with Crippen LogP contribution in [0.5, 0.6) is 5.75 Å². The third-order valence-electron chi connectivity index (χ3n) is 3.71. The van der Waals surface area contributed by atoms with E-state index in [2.05, 4.69) is 29.6 Å². The van der Waals surface area contributed by atoms with E-state index < -0.39 is 0 Å². The molecule has 1 aromatic carbocycles. The molecule has 0 aliphatic carbocycles. The fourth-order valence-corrected chi connectivity index (χ4v) is 2.69. The first-order valence-electron chi connectivity index (χ1n) is 6.79. The molecule has 5 nitrogen and oxygen atoms in total. The molecule has 2 atom stereocenters. The Morgan fingerprint density at radius 1 is 1.35 bits per heavy atom. The first kappa shape index (κ1) is 14.6. The van der Waals surface area contributed by atoms with Crippen LogP contribution in [0.2, 0.25) is 0 Å². The number of hydrogen-bond donors (Lipinski definition) is 2. The second-order valence-electron chi connectivity index (χ2n) is 4.79.